The summed E-state index contributed by atoms with van der Waals surface area (Å²) in [7, 11) is 1.65. The quantitative estimate of drug-likeness (QED) is 0.841. The molecule has 16 heavy (non-hydrogen) atoms. The summed E-state index contributed by atoms with van der Waals surface area (Å²) in [5, 5.41) is 3.69. The zero-order valence-corrected chi connectivity index (χ0v) is 9.57. The van der Waals surface area contributed by atoms with Crippen LogP contribution in [0.25, 0.3) is 11.1 Å². The average Bonchev–Trinajstić information content (AvgIpc) is 2.67. The second-order valence-electron chi connectivity index (χ2n) is 3.71. The first-order valence-corrected chi connectivity index (χ1v) is 5.00. The normalized spacial score (nSPS) is 10.4. The lowest BCUT2D eigenvalue weighted by Gasteiger charge is -2.12. The minimum Gasteiger partial charge on any atom is -0.496 e. The molecule has 4 heteroatoms. The molecule has 2 N–H and O–H groups in total. The van der Waals surface area contributed by atoms with Crippen molar-refractivity contribution in [2.24, 2.45) is 0 Å². The van der Waals surface area contributed by atoms with Crippen LogP contribution < -0.4 is 10.5 Å². The Morgan fingerprint density at radius 1 is 1.25 bits per heavy atom. The maximum atomic E-state index is 5.73. The Kier molecular flexibility index (Phi) is 2.56. The van der Waals surface area contributed by atoms with Crippen molar-refractivity contribution in [1.82, 2.24) is 5.16 Å². The van der Waals surface area contributed by atoms with Gasteiger partial charge in [0.2, 0.25) is 5.88 Å². The van der Waals surface area contributed by atoms with Gasteiger partial charge < -0.3 is 15.0 Å². The fourth-order valence-electron chi connectivity index (χ4n) is 1.82. The second-order valence-corrected chi connectivity index (χ2v) is 3.71. The van der Waals surface area contributed by atoms with Gasteiger partial charge >= 0.3 is 0 Å². The van der Waals surface area contributed by atoms with E-state index in [1.54, 1.807) is 13.3 Å². The van der Waals surface area contributed by atoms with E-state index in [0.717, 1.165) is 28.0 Å². The molecule has 1 heterocycles. The molecule has 0 bridgehead atoms. The lowest BCUT2D eigenvalue weighted by molar-refractivity contribution is 0.413. The van der Waals surface area contributed by atoms with Crippen molar-refractivity contribution in [3.05, 3.63) is 29.5 Å². The maximum Gasteiger partial charge on any atom is 0.230 e. The SMILES string of the molecule is COc1c(C)ccc(C)c1-c1cnoc1N. The number of aromatic nitrogens is 1. The predicted octanol–water partition coefficient (Wildman–Crippen LogP) is 2.55. The minimum atomic E-state index is 0.312. The Hall–Kier alpha value is -1.97. The van der Waals surface area contributed by atoms with E-state index in [-0.39, 0.29) is 0 Å². The Morgan fingerprint density at radius 3 is 2.50 bits per heavy atom. The molecule has 0 saturated carbocycles. The van der Waals surface area contributed by atoms with E-state index < -0.39 is 0 Å². The Balaban J connectivity index is 2.73. The molecule has 0 aliphatic heterocycles. The van der Waals surface area contributed by atoms with Crippen LogP contribution in [0.4, 0.5) is 5.88 Å². The van der Waals surface area contributed by atoms with Gasteiger partial charge in [-0.05, 0) is 25.0 Å². The van der Waals surface area contributed by atoms with E-state index in [1.807, 2.05) is 26.0 Å². The van der Waals surface area contributed by atoms with Gasteiger partial charge in [-0.2, -0.15) is 0 Å². The smallest absolute Gasteiger partial charge is 0.230 e. The van der Waals surface area contributed by atoms with Crippen molar-refractivity contribution in [3.63, 3.8) is 0 Å². The van der Waals surface area contributed by atoms with E-state index in [2.05, 4.69) is 5.16 Å². The van der Waals surface area contributed by atoms with Crippen LogP contribution in [0.3, 0.4) is 0 Å². The molecule has 4 nitrogen and oxygen atoms in total. The van der Waals surface area contributed by atoms with Crippen molar-refractivity contribution in [1.29, 1.82) is 0 Å². The van der Waals surface area contributed by atoms with Crippen LogP contribution in [0.5, 0.6) is 5.75 Å². The van der Waals surface area contributed by atoms with Gasteiger partial charge in [-0.1, -0.05) is 17.3 Å². The summed E-state index contributed by atoms with van der Waals surface area (Å²) < 4.78 is 10.3. The standard InChI is InChI=1S/C12H14N2O2/c1-7-4-5-8(2)11(15-3)10(7)9-6-14-16-12(9)13/h4-6H,13H2,1-3H3. The largest absolute Gasteiger partial charge is 0.496 e. The zero-order chi connectivity index (χ0) is 11.7. The highest BCUT2D eigenvalue weighted by atomic mass is 16.5. The fraction of sp³-hybridized carbons (Fsp3) is 0.250. The van der Waals surface area contributed by atoms with Crippen LogP contribution in [0.15, 0.2) is 22.9 Å². The molecule has 0 aliphatic rings. The van der Waals surface area contributed by atoms with Gasteiger partial charge in [-0.25, -0.2) is 0 Å². The first-order valence-electron chi connectivity index (χ1n) is 5.00. The lowest BCUT2D eigenvalue weighted by atomic mass is 9.99. The monoisotopic (exact) mass is 218 g/mol. The topological polar surface area (TPSA) is 61.3 Å². The molecular formula is C12H14N2O2. The molecule has 2 rings (SSSR count). The Morgan fingerprint density at radius 2 is 1.94 bits per heavy atom. The number of nitrogens with two attached hydrogens (primary N) is 1. The van der Waals surface area contributed by atoms with Gasteiger partial charge in [-0.3, -0.25) is 0 Å². The molecular weight excluding hydrogens is 204 g/mol. The summed E-state index contributed by atoms with van der Waals surface area (Å²) in [5.74, 6) is 1.13. The molecule has 84 valence electrons. The van der Waals surface area contributed by atoms with Crippen molar-refractivity contribution >= 4 is 5.88 Å². The van der Waals surface area contributed by atoms with Crippen LogP contribution in [-0.2, 0) is 0 Å². The summed E-state index contributed by atoms with van der Waals surface area (Å²) in [6.45, 7) is 4.00. The number of hydrogen-bond acceptors (Lipinski definition) is 4. The average molecular weight is 218 g/mol. The van der Waals surface area contributed by atoms with Gasteiger partial charge in [0.15, 0.2) is 0 Å². The highest BCUT2D eigenvalue weighted by molar-refractivity contribution is 5.80. The van der Waals surface area contributed by atoms with Crippen molar-refractivity contribution in [3.8, 4) is 16.9 Å². The predicted molar refractivity (Wildman–Crippen MR) is 62.4 cm³/mol. The molecule has 1 aromatic heterocycles. The molecule has 2 aromatic rings. The molecule has 0 unspecified atom stereocenters. The second kappa shape index (κ2) is 3.89. The van der Waals surface area contributed by atoms with Gasteiger partial charge in [0.25, 0.3) is 0 Å². The number of nitrogens with zero attached hydrogens (tertiary/aromatic N) is 1. The van der Waals surface area contributed by atoms with E-state index in [4.69, 9.17) is 15.0 Å². The zero-order valence-electron chi connectivity index (χ0n) is 9.57. The van der Waals surface area contributed by atoms with Crippen molar-refractivity contribution in [2.45, 2.75) is 13.8 Å². The van der Waals surface area contributed by atoms with Gasteiger partial charge in [0.05, 0.1) is 18.9 Å². The number of nitrogen functional groups attached to an aromatic ring is 1. The molecule has 0 fully saturated rings. The van der Waals surface area contributed by atoms with Crippen LogP contribution in [0.1, 0.15) is 11.1 Å². The summed E-state index contributed by atoms with van der Waals surface area (Å²) in [4.78, 5) is 0. The van der Waals surface area contributed by atoms with E-state index in [9.17, 15) is 0 Å². The van der Waals surface area contributed by atoms with E-state index in [1.165, 1.54) is 0 Å². The van der Waals surface area contributed by atoms with E-state index >= 15 is 0 Å². The van der Waals surface area contributed by atoms with Crippen molar-refractivity contribution in [2.75, 3.05) is 12.8 Å². The Bertz CT molecular complexity index is 518. The summed E-state index contributed by atoms with van der Waals surface area (Å²) >= 11 is 0. The maximum absolute atomic E-state index is 5.73. The molecule has 1 aromatic carbocycles. The number of rotatable bonds is 2. The molecule has 0 aliphatic carbocycles. The molecule has 0 amide bonds. The van der Waals surface area contributed by atoms with Crippen molar-refractivity contribution < 1.29 is 9.26 Å². The number of benzene rings is 1. The third-order valence-electron chi connectivity index (χ3n) is 2.63. The highest BCUT2D eigenvalue weighted by Crippen LogP contribution is 2.38. The van der Waals surface area contributed by atoms with Gasteiger partial charge in [0.1, 0.15) is 5.75 Å². The number of hydrogen-bond donors (Lipinski definition) is 1. The molecule has 0 radical (unpaired) electrons. The van der Waals surface area contributed by atoms with Gasteiger partial charge in [-0.15, -0.1) is 0 Å². The number of ether oxygens (including phenoxy) is 1. The van der Waals surface area contributed by atoms with Crippen LogP contribution >= 0.6 is 0 Å². The van der Waals surface area contributed by atoms with Crippen LogP contribution in [0, 0.1) is 13.8 Å². The summed E-state index contributed by atoms with van der Waals surface area (Å²) in [6.07, 6.45) is 1.61. The highest BCUT2D eigenvalue weighted by Gasteiger charge is 2.16. The van der Waals surface area contributed by atoms with Crippen LogP contribution in [0.2, 0.25) is 0 Å². The molecule has 0 saturated heterocycles. The van der Waals surface area contributed by atoms with Crippen LogP contribution in [-0.4, -0.2) is 12.3 Å². The summed E-state index contributed by atoms with van der Waals surface area (Å²) in [5.41, 5.74) is 9.59. The lowest BCUT2D eigenvalue weighted by Crippen LogP contribution is -1.95. The minimum absolute atomic E-state index is 0.312. The number of methoxy groups -OCH3 is 1. The van der Waals surface area contributed by atoms with Gasteiger partial charge in [0, 0.05) is 5.56 Å². The molecule has 0 spiro atoms. The summed E-state index contributed by atoms with van der Waals surface area (Å²) in [6, 6.07) is 4.04. The first-order chi connectivity index (χ1) is 7.65. The molecule has 0 atom stereocenters. The number of anilines is 1. The Labute approximate surface area is 94.0 Å². The third-order valence-corrected chi connectivity index (χ3v) is 2.63. The number of aryl methyl sites for hydroxylation is 2. The van der Waals surface area contributed by atoms with E-state index in [0.29, 0.717) is 5.88 Å². The first kappa shape index (κ1) is 10.5. The third kappa shape index (κ3) is 1.52. The fourth-order valence-corrected chi connectivity index (χ4v) is 1.82.